The fourth-order valence-corrected chi connectivity index (χ4v) is 6.67. The fraction of sp³-hybridized carbons (Fsp3) is 0.429. The molecule has 0 saturated carbocycles. The van der Waals surface area contributed by atoms with Gasteiger partial charge >= 0.3 is 0 Å². The molecule has 0 radical (unpaired) electrons. The van der Waals surface area contributed by atoms with E-state index in [4.69, 9.17) is 9.47 Å². The van der Waals surface area contributed by atoms with Crippen molar-refractivity contribution in [1.29, 1.82) is 0 Å². The number of ether oxygens (including phenoxy) is 2. The van der Waals surface area contributed by atoms with E-state index in [2.05, 4.69) is 16.0 Å². The molecule has 1 heterocycles. The minimum Gasteiger partial charge on any atom is -0.493 e. The normalized spacial score (nSPS) is 23.6. The van der Waals surface area contributed by atoms with Crippen molar-refractivity contribution in [2.24, 2.45) is 5.92 Å². The molecule has 1 fully saturated rings. The largest absolute Gasteiger partial charge is 0.493 e. The van der Waals surface area contributed by atoms with Gasteiger partial charge in [-0.05, 0) is 69.4 Å². The van der Waals surface area contributed by atoms with Crippen LogP contribution in [0.3, 0.4) is 0 Å². The van der Waals surface area contributed by atoms with Crippen LogP contribution in [0.5, 0.6) is 11.5 Å². The first kappa shape index (κ1) is 42.0. The van der Waals surface area contributed by atoms with Gasteiger partial charge in [-0.15, -0.1) is 0 Å². The number of Topliss-reactive ketones (excluding diaryl/α,β-unsaturated/α-hetero) is 1. The highest BCUT2D eigenvalue weighted by Gasteiger charge is 2.37. The number of methoxy groups -OCH3 is 2. The second-order valence-electron chi connectivity index (χ2n) is 14.3. The molecule has 1 unspecified atom stereocenters. The smallest absolute Gasteiger partial charge is 0.245 e. The molecule has 294 valence electrons. The lowest BCUT2D eigenvalue weighted by Crippen LogP contribution is -2.59. The molecule has 13 heteroatoms. The molecular formula is C42H53N5O8. The van der Waals surface area contributed by atoms with E-state index in [0.29, 0.717) is 17.1 Å². The van der Waals surface area contributed by atoms with Crippen LogP contribution in [0.1, 0.15) is 49.4 Å². The second kappa shape index (κ2) is 19.0. The van der Waals surface area contributed by atoms with E-state index in [1.165, 1.54) is 58.9 Å². The van der Waals surface area contributed by atoms with E-state index >= 15 is 0 Å². The standard InChI is InChI=1S/C42H53N5O8/c1-25-14-16-30(17-15-25)22-34-40(51)45-28(4)41(52)46(5)33(21-29-12-10-9-11-13-29)35(48)24-32(20-31-18-19-36(54-7)37(23-31)55-8)39(50)43-26(2)38(49)44-27(3)42(53)47(34)6/h9-19,23,26-28,32-34H,20-22,24H2,1-8H3,(H,43,50)(H,44,49)(H,45,51)/t26-,27+,28+,32-,33+,34?/m1/s1. The molecule has 6 atom stereocenters. The molecule has 0 aromatic heterocycles. The van der Waals surface area contributed by atoms with Gasteiger partial charge in [0.25, 0.3) is 0 Å². The third kappa shape index (κ3) is 10.9. The summed E-state index contributed by atoms with van der Waals surface area (Å²) in [4.78, 5) is 86.3. The van der Waals surface area contributed by atoms with E-state index in [1.54, 1.807) is 18.2 Å². The average molecular weight is 756 g/mol. The minimum absolute atomic E-state index is 0.0937. The third-order valence-corrected chi connectivity index (χ3v) is 10.1. The van der Waals surface area contributed by atoms with Gasteiger partial charge in [0.05, 0.1) is 20.3 Å². The van der Waals surface area contributed by atoms with Gasteiger partial charge in [0.2, 0.25) is 29.5 Å². The number of benzene rings is 3. The van der Waals surface area contributed by atoms with Crippen LogP contribution >= 0.6 is 0 Å². The molecular weight excluding hydrogens is 702 g/mol. The summed E-state index contributed by atoms with van der Waals surface area (Å²) in [7, 11) is 5.98. The Labute approximate surface area is 323 Å². The molecule has 1 saturated heterocycles. The molecule has 3 aromatic carbocycles. The molecule has 13 nitrogen and oxygen atoms in total. The molecule has 1 aliphatic heterocycles. The lowest BCUT2D eigenvalue weighted by Gasteiger charge is -2.33. The highest BCUT2D eigenvalue weighted by molar-refractivity contribution is 5.98. The lowest BCUT2D eigenvalue weighted by atomic mass is 9.88. The molecule has 5 amide bonds. The summed E-state index contributed by atoms with van der Waals surface area (Å²) < 4.78 is 10.8. The molecule has 0 aliphatic carbocycles. The maximum Gasteiger partial charge on any atom is 0.245 e. The molecule has 0 bridgehead atoms. The zero-order valence-electron chi connectivity index (χ0n) is 32.9. The third-order valence-electron chi connectivity index (χ3n) is 10.1. The maximum absolute atomic E-state index is 14.4. The number of ketones is 1. The number of carbonyl (C=O) groups excluding carboxylic acids is 6. The topological polar surface area (TPSA) is 163 Å². The van der Waals surface area contributed by atoms with E-state index in [9.17, 15) is 28.8 Å². The van der Waals surface area contributed by atoms with Crippen LogP contribution < -0.4 is 25.4 Å². The Kier molecular flexibility index (Phi) is 14.6. The van der Waals surface area contributed by atoms with Crippen molar-refractivity contribution < 1.29 is 38.2 Å². The summed E-state index contributed by atoms with van der Waals surface area (Å²) in [6, 6.07) is 16.6. The van der Waals surface area contributed by atoms with Gasteiger partial charge in [-0.1, -0.05) is 66.2 Å². The van der Waals surface area contributed by atoms with E-state index < -0.39 is 65.7 Å². The molecule has 0 spiro atoms. The number of rotatable bonds is 8. The highest BCUT2D eigenvalue weighted by Crippen LogP contribution is 2.29. The van der Waals surface area contributed by atoms with Gasteiger partial charge in [0, 0.05) is 32.9 Å². The van der Waals surface area contributed by atoms with Gasteiger partial charge in [-0.3, -0.25) is 28.8 Å². The molecule has 1 aliphatic rings. The average Bonchev–Trinajstić information content (AvgIpc) is 3.17. The number of nitrogens with zero attached hydrogens (tertiary/aromatic N) is 2. The van der Waals surface area contributed by atoms with Crippen LogP contribution in [0.15, 0.2) is 72.8 Å². The minimum atomic E-state index is -1.09. The number of aryl methyl sites for hydroxylation is 1. The number of likely N-dealkylation sites (N-methyl/N-ethyl adjacent to an activating group) is 2. The summed E-state index contributed by atoms with van der Waals surface area (Å²) in [6.07, 6.45) is 0.102. The summed E-state index contributed by atoms with van der Waals surface area (Å²) in [6.45, 7) is 6.45. The van der Waals surface area contributed by atoms with Crippen LogP contribution in [0.2, 0.25) is 0 Å². The van der Waals surface area contributed by atoms with Gasteiger partial charge in [-0.2, -0.15) is 0 Å². The van der Waals surface area contributed by atoms with Crippen molar-refractivity contribution in [3.05, 3.63) is 95.1 Å². The summed E-state index contributed by atoms with van der Waals surface area (Å²) in [5.74, 6) is -3.26. The van der Waals surface area contributed by atoms with Gasteiger partial charge in [-0.25, -0.2) is 0 Å². The van der Waals surface area contributed by atoms with Crippen LogP contribution in [0.25, 0.3) is 0 Å². The van der Waals surface area contributed by atoms with E-state index in [1.807, 2.05) is 61.5 Å². The zero-order valence-corrected chi connectivity index (χ0v) is 32.9. The Morgan fingerprint density at radius 3 is 1.69 bits per heavy atom. The number of nitrogens with one attached hydrogen (secondary N) is 3. The van der Waals surface area contributed by atoms with Crippen LogP contribution in [-0.2, 0) is 48.0 Å². The van der Waals surface area contributed by atoms with Gasteiger partial charge < -0.3 is 35.2 Å². The van der Waals surface area contributed by atoms with E-state index in [-0.39, 0.29) is 31.5 Å². The Morgan fingerprint density at radius 2 is 1.09 bits per heavy atom. The maximum atomic E-state index is 14.4. The molecule has 55 heavy (non-hydrogen) atoms. The van der Waals surface area contributed by atoms with Crippen molar-refractivity contribution in [2.45, 2.75) is 83.6 Å². The molecule has 3 N–H and O–H groups in total. The summed E-state index contributed by atoms with van der Waals surface area (Å²) in [5, 5.41) is 8.19. The molecule has 4 rings (SSSR count). The Bertz CT molecular complexity index is 1850. The summed E-state index contributed by atoms with van der Waals surface area (Å²) in [5.41, 5.74) is 3.27. The molecule has 3 aromatic rings. The monoisotopic (exact) mass is 755 g/mol. The summed E-state index contributed by atoms with van der Waals surface area (Å²) >= 11 is 0. The van der Waals surface area contributed by atoms with Crippen molar-refractivity contribution in [2.75, 3.05) is 28.3 Å². The van der Waals surface area contributed by atoms with Crippen LogP contribution in [0.4, 0.5) is 0 Å². The quantitative estimate of drug-likeness (QED) is 0.316. The number of hydrogen-bond acceptors (Lipinski definition) is 8. The Morgan fingerprint density at radius 1 is 0.582 bits per heavy atom. The second-order valence-corrected chi connectivity index (χ2v) is 14.3. The first-order valence-corrected chi connectivity index (χ1v) is 18.4. The Balaban J connectivity index is 1.75. The Hall–Kier alpha value is -5.72. The van der Waals surface area contributed by atoms with E-state index in [0.717, 1.165) is 16.7 Å². The van der Waals surface area contributed by atoms with Crippen molar-refractivity contribution in [1.82, 2.24) is 25.8 Å². The van der Waals surface area contributed by atoms with Crippen molar-refractivity contribution in [3.8, 4) is 11.5 Å². The predicted molar refractivity (Wildman–Crippen MR) is 207 cm³/mol. The predicted octanol–water partition coefficient (Wildman–Crippen LogP) is 2.80. The first-order chi connectivity index (χ1) is 26.1. The first-order valence-electron chi connectivity index (χ1n) is 18.4. The van der Waals surface area contributed by atoms with Crippen molar-refractivity contribution >= 4 is 35.3 Å². The fourth-order valence-electron chi connectivity index (χ4n) is 6.67. The SMILES string of the molecule is COc1ccc(C[C@@H]2CC(=O)[C@H](Cc3ccccc3)N(C)C(=O)[C@H](C)NC(=O)C(Cc3ccc(C)cc3)N(C)C(=O)[C@H](C)NC(=O)[C@@H](C)NC2=O)cc1OC. The van der Waals surface area contributed by atoms with Gasteiger partial charge in [0.15, 0.2) is 17.3 Å². The number of hydrogen-bond donors (Lipinski definition) is 3. The zero-order chi connectivity index (χ0) is 40.4. The lowest BCUT2D eigenvalue weighted by molar-refractivity contribution is -0.144. The van der Waals surface area contributed by atoms with Crippen LogP contribution in [0, 0.1) is 12.8 Å². The number of amides is 5. The number of carbonyl (C=O) groups is 6. The van der Waals surface area contributed by atoms with Crippen molar-refractivity contribution in [3.63, 3.8) is 0 Å². The van der Waals surface area contributed by atoms with Crippen LogP contribution in [-0.4, -0.2) is 104 Å². The van der Waals surface area contributed by atoms with Gasteiger partial charge in [0.1, 0.15) is 24.2 Å². The highest BCUT2D eigenvalue weighted by atomic mass is 16.5.